The summed E-state index contributed by atoms with van der Waals surface area (Å²) in [5.74, 6) is 0. The summed E-state index contributed by atoms with van der Waals surface area (Å²) < 4.78 is 0. The van der Waals surface area contributed by atoms with Crippen molar-refractivity contribution in [2.45, 2.75) is 52.5 Å². The van der Waals surface area contributed by atoms with Crippen LogP contribution in [0.25, 0.3) is 0 Å². The smallest absolute Gasteiger partial charge is 0.147 e. The quantitative estimate of drug-likeness (QED) is 0.588. The van der Waals surface area contributed by atoms with Gasteiger partial charge >= 0.3 is 0 Å². The van der Waals surface area contributed by atoms with Crippen molar-refractivity contribution in [1.29, 1.82) is 5.26 Å². The molecule has 2 heteroatoms. The van der Waals surface area contributed by atoms with Crippen LogP contribution in [0.3, 0.4) is 0 Å². The van der Waals surface area contributed by atoms with Crippen LogP contribution in [0, 0.1) is 22.2 Å². The highest BCUT2D eigenvalue weighted by Gasteiger charge is 2.47. The van der Waals surface area contributed by atoms with E-state index in [4.69, 9.17) is 0 Å². The van der Waals surface area contributed by atoms with Gasteiger partial charge in [0.25, 0.3) is 0 Å². The molecule has 0 spiro atoms. The molecule has 0 radical (unpaired) electrons. The molecule has 0 aromatic heterocycles. The Labute approximate surface area is 87.0 Å². The molecule has 14 heavy (non-hydrogen) atoms. The molecule has 0 unspecified atom stereocenters. The maximum atomic E-state index is 9.22. The van der Waals surface area contributed by atoms with E-state index < -0.39 is 5.54 Å². The van der Waals surface area contributed by atoms with E-state index in [9.17, 15) is 5.26 Å². The van der Waals surface area contributed by atoms with E-state index in [0.29, 0.717) is 0 Å². The fourth-order valence-electron chi connectivity index (χ4n) is 3.29. The topological polar surface area (TPSA) is 36.1 Å². The maximum absolute atomic E-state index is 9.22. The van der Waals surface area contributed by atoms with E-state index in [-0.39, 0.29) is 10.8 Å². The van der Waals surface area contributed by atoms with Crippen molar-refractivity contribution >= 4 is 6.72 Å². The Balaban J connectivity index is 3.03. The lowest BCUT2D eigenvalue weighted by Crippen LogP contribution is -2.43. The highest BCUT2D eigenvalue weighted by atomic mass is 14.9. The van der Waals surface area contributed by atoms with Crippen molar-refractivity contribution in [1.82, 2.24) is 0 Å². The van der Waals surface area contributed by atoms with Gasteiger partial charge in [-0.05, 0) is 36.8 Å². The third-order valence-corrected chi connectivity index (χ3v) is 3.01. The summed E-state index contributed by atoms with van der Waals surface area (Å²) in [5, 5.41) is 9.22. The first-order chi connectivity index (χ1) is 6.24. The molecular weight excluding hydrogens is 172 g/mol. The van der Waals surface area contributed by atoms with Gasteiger partial charge in [-0.1, -0.05) is 27.7 Å². The van der Waals surface area contributed by atoms with E-state index in [1.54, 1.807) is 0 Å². The molecule has 0 N–H and O–H groups in total. The lowest BCUT2D eigenvalue weighted by molar-refractivity contribution is 0.0743. The van der Waals surface area contributed by atoms with Crippen LogP contribution < -0.4 is 0 Å². The van der Waals surface area contributed by atoms with Gasteiger partial charge in [0.1, 0.15) is 5.54 Å². The summed E-state index contributed by atoms with van der Waals surface area (Å²) in [4.78, 5) is 4.08. The molecule has 0 amide bonds. The molecule has 2 nitrogen and oxygen atoms in total. The fraction of sp³-hybridized carbons (Fsp3) is 0.833. The molecule has 1 aliphatic carbocycles. The molecule has 1 saturated carbocycles. The van der Waals surface area contributed by atoms with Crippen molar-refractivity contribution in [3.05, 3.63) is 0 Å². The average molecular weight is 192 g/mol. The van der Waals surface area contributed by atoms with E-state index >= 15 is 0 Å². The molecular formula is C12H20N2. The van der Waals surface area contributed by atoms with Crippen LogP contribution in [0.5, 0.6) is 0 Å². The molecule has 0 heterocycles. The van der Waals surface area contributed by atoms with Crippen LogP contribution in [0.1, 0.15) is 47.0 Å². The predicted molar refractivity (Wildman–Crippen MR) is 59.3 cm³/mol. The third kappa shape index (κ3) is 2.15. The Morgan fingerprint density at radius 2 is 1.50 bits per heavy atom. The van der Waals surface area contributed by atoms with Crippen LogP contribution in [0.2, 0.25) is 0 Å². The Morgan fingerprint density at radius 3 is 1.79 bits per heavy atom. The molecule has 1 rings (SSSR count). The minimum atomic E-state index is -0.550. The second-order valence-electron chi connectivity index (χ2n) is 6.16. The van der Waals surface area contributed by atoms with Crippen molar-refractivity contribution in [2.75, 3.05) is 0 Å². The van der Waals surface area contributed by atoms with Crippen LogP contribution >= 0.6 is 0 Å². The number of hydrogen-bond donors (Lipinski definition) is 0. The molecule has 1 aliphatic rings. The van der Waals surface area contributed by atoms with Gasteiger partial charge in [-0.2, -0.15) is 5.26 Å². The first kappa shape index (κ1) is 11.2. The third-order valence-electron chi connectivity index (χ3n) is 3.01. The van der Waals surface area contributed by atoms with Crippen molar-refractivity contribution < 1.29 is 0 Å². The molecule has 0 bridgehead atoms. The van der Waals surface area contributed by atoms with Gasteiger partial charge < -0.3 is 0 Å². The zero-order chi connectivity index (χ0) is 11.0. The van der Waals surface area contributed by atoms with E-state index in [1.165, 1.54) is 0 Å². The SMILES string of the molecule is C=NC1(C#N)CC(C)(C)CC(C)(C)C1. The van der Waals surface area contributed by atoms with E-state index in [0.717, 1.165) is 19.3 Å². The Hall–Kier alpha value is -0.840. The van der Waals surface area contributed by atoms with Crippen molar-refractivity contribution in [3.63, 3.8) is 0 Å². The molecule has 1 fully saturated rings. The molecule has 0 aromatic carbocycles. The van der Waals surface area contributed by atoms with Gasteiger partial charge in [-0.25, -0.2) is 0 Å². The van der Waals surface area contributed by atoms with Crippen molar-refractivity contribution in [3.8, 4) is 6.07 Å². The van der Waals surface area contributed by atoms with Gasteiger partial charge in [-0.15, -0.1) is 0 Å². The summed E-state index contributed by atoms with van der Waals surface area (Å²) in [5.41, 5.74) is -0.164. The van der Waals surface area contributed by atoms with E-state index in [1.807, 2.05) is 0 Å². The minimum Gasteiger partial charge on any atom is -0.279 e. The zero-order valence-corrected chi connectivity index (χ0v) is 9.72. The largest absolute Gasteiger partial charge is 0.279 e. The van der Waals surface area contributed by atoms with Gasteiger partial charge in [-0.3, -0.25) is 4.99 Å². The van der Waals surface area contributed by atoms with Crippen LogP contribution in [-0.2, 0) is 0 Å². The normalized spacial score (nSPS) is 27.6. The molecule has 0 saturated heterocycles. The number of aliphatic imine (C=N–C) groups is 1. The number of rotatable bonds is 1. The zero-order valence-electron chi connectivity index (χ0n) is 9.72. The maximum Gasteiger partial charge on any atom is 0.147 e. The number of hydrogen-bond acceptors (Lipinski definition) is 2. The van der Waals surface area contributed by atoms with Gasteiger partial charge in [0.05, 0.1) is 6.07 Å². The van der Waals surface area contributed by atoms with Crippen LogP contribution in [0.15, 0.2) is 4.99 Å². The molecule has 0 atom stereocenters. The van der Waals surface area contributed by atoms with Crippen molar-refractivity contribution in [2.24, 2.45) is 15.8 Å². The Kier molecular flexibility index (Phi) is 2.48. The fourth-order valence-corrected chi connectivity index (χ4v) is 3.29. The monoisotopic (exact) mass is 192 g/mol. The molecule has 0 aliphatic heterocycles. The second-order valence-corrected chi connectivity index (χ2v) is 6.16. The number of nitrogens with zero attached hydrogens (tertiary/aromatic N) is 2. The Morgan fingerprint density at radius 1 is 1.07 bits per heavy atom. The highest BCUT2D eigenvalue weighted by Crippen LogP contribution is 2.51. The van der Waals surface area contributed by atoms with Gasteiger partial charge in [0.15, 0.2) is 0 Å². The molecule has 78 valence electrons. The molecule has 0 aromatic rings. The Bertz CT molecular complexity index is 265. The average Bonchev–Trinajstić information content (AvgIpc) is 1.98. The van der Waals surface area contributed by atoms with Gasteiger partial charge in [0.2, 0.25) is 0 Å². The summed E-state index contributed by atoms with van der Waals surface area (Å²) in [6.07, 6.45) is 2.83. The summed E-state index contributed by atoms with van der Waals surface area (Å²) in [6, 6.07) is 2.35. The number of nitriles is 1. The lowest BCUT2D eigenvalue weighted by atomic mass is 9.59. The standard InChI is InChI=1S/C12H20N2/c1-10(2)6-11(3,4)8-12(7-10,9-13)14-5/h5-8H2,1-4H3. The lowest BCUT2D eigenvalue weighted by Gasteiger charge is -2.47. The van der Waals surface area contributed by atoms with E-state index in [2.05, 4.69) is 45.5 Å². The highest BCUT2D eigenvalue weighted by molar-refractivity contribution is 5.30. The summed E-state index contributed by atoms with van der Waals surface area (Å²) in [7, 11) is 0. The van der Waals surface area contributed by atoms with Crippen LogP contribution in [0.4, 0.5) is 0 Å². The second kappa shape index (κ2) is 3.08. The van der Waals surface area contributed by atoms with Gasteiger partial charge in [0, 0.05) is 0 Å². The predicted octanol–water partition coefficient (Wildman–Crippen LogP) is 3.19. The first-order valence-electron chi connectivity index (χ1n) is 5.13. The summed E-state index contributed by atoms with van der Waals surface area (Å²) >= 11 is 0. The summed E-state index contributed by atoms with van der Waals surface area (Å²) in [6.45, 7) is 12.4. The van der Waals surface area contributed by atoms with Crippen LogP contribution in [-0.4, -0.2) is 12.3 Å². The first-order valence-corrected chi connectivity index (χ1v) is 5.13. The minimum absolute atomic E-state index is 0.193.